The molecule has 2 heterocycles. The van der Waals surface area contributed by atoms with Crippen LogP contribution in [-0.4, -0.2) is 10.9 Å². The molecule has 0 N–H and O–H groups in total. The number of ketones is 1. The van der Waals surface area contributed by atoms with Crippen molar-refractivity contribution in [2.45, 2.75) is 12.8 Å². The predicted octanol–water partition coefficient (Wildman–Crippen LogP) is 5.42. The zero-order valence-corrected chi connectivity index (χ0v) is 13.5. The van der Waals surface area contributed by atoms with E-state index < -0.39 is 0 Å². The summed E-state index contributed by atoms with van der Waals surface area (Å²) in [6, 6.07) is 12.4. The van der Waals surface area contributed by atoms with Crippen LogP contribution in [0.2, 0.25) is 4.34 Å². The van der Waals surface area contributed by atoms with Gasteiger partial charge in [-0.3, -0.25) is 4.79 Å². The molecule has 0 fully saturated rings. The molecule has 0 aliphatic carbocycles. The van der Waals surface area contributed by atoms with Crippen molar-refractivity contribution in [3.05, 3.63) is 68.8 Å². The lowest BCUT2D eigenvalue weighted by Crippen LogP contribution is -1.98. The van der Waals surface area contributed by atoms with E-state index in [1.165, 1.54) is 11.3 Å². The SMILES string of the molecule is [C-]#[N+]c1ccc(-c2cc(CCC(=O)c3ccc(Cl)s3)no2)cc1. The maximum Gasteiger partial charge on any atom is 0.187 e. The molecule has 3 rings (SSSR count). The summed E-state index contributed by atoms with van der Waals surface area (Å²) in [5.41, 5.74) is 2.16. The number of Topliss-reactive ketones (excluding diaryl/α,β-unsaturated/α-hetero) is 1. The minimum Gasteiger partial charge on any atom is -0.356 e. The molecule has 0 amide bonds. The molecule has 4 nitrogen and oxygen atoms in total. The average Bonchev–Trinajstić information content (AvgIpc) is 3.22. The van der Waals surface area contributed by atoms with Gasteiger partial charge >= 0.3 is 0 Å². The minimum absolute atomic E-state index is 0.0489. The first-order chi connectivity index (χ1) is 11.2. The molecule has 114 valence electrons. The molecular formula is C17H11ClN2O2S. The van der Waals surface area contributed by atoms with E-state index in [2.05, 4.69) is 10.0 Å². The van der Waals surface area contributed by atoms with Gasteiger partial charge in [0.1, 0.15) is 0 Å². The number of carbonyl (C=O) groups excluding carboxylic acids is 1. The minimum atomic E-state index is 0.0489. The standard InChI is InChI=1S/C17H11ClN2O2S/c1-19-12-4-2-11(3-5-12)15-10-13(20-22-15)6-7-14(21)16-8-9-17(18)23-16/h2-5,8-10H,6-7H2. The molecule has 0 aliphatic rings. The fraction of sp³-hybridized carbons (Fsp3) is 0.118. The Kier molecular flexibility index (Phi) is 4.56. The second-order valence-corrected chi connectivity index (χ2v) is 6.58. The zero-order chi connectivity index (χ0) is 16.2. The lowest BCUT2D eigenvalue weighted by molar-refractivity contribution is 0.0986. The molecule has 2 aromatic heterocycles. The first kappa shape index (κ1) is 15.5. The van der Waals surface area contributed by atoms with Gasteiger partial charge in [-0.1, -0.05) is 41.0 Å². The van der Waals surface area contributed by atoms with E-state index in [-0.39, 0.29) is 5.78 Å². The van der Waals surface area contributed by atoms with E-state index in [4.69, 9.17) is 22.7 Å². The Bertz CT molecular complexity index is 875. The van der Waals surface area contributed by atoms with Crippen LogP contribution in [-0.2, 0) is 6.42 Å². The van der Waals surface area contributed by atoms with Crippen molar-refractivity contribution >= 4 is 34.4 Å². The molecule has 0 saturated heterocycles. The molecule has 0 saturated carbocycles. The van der Waals surface area contributed by atoms with Crippen molar-refractivity contribution in [3.8, 4) is 11.3 Å². The lowest BCUT2D eigenvalue weighted by atomic mass is 10.1. The van der Waals surface area contributed by atoms with Crippen LogP contribution in [0.1, 0.15) is 21.8 Å². The number of aromatic nitrogens is 1. The van der Waals surface area contributed by atoms with Gasteiger partial charge in [0.25, 0.3) is 0 Å². The summed E-state index contributed by atoms with van der Waals surface area (Å²) in [4.78, 5) is 16.1. The molecule has 0 spiro atoms. The number of thiophene rings is 1. The van der Waals surface area contributed by atoms with Crippen LogP contribution in [0.3, 0.4) is 0 Å². The lowest BCUT2D eigenvalue weighted by Gasteiger charge is -1.95. The number of rotatable bonds is 5. The molecule has 3 aromatic rings. The van der Waals surface area contributed by atoms with Crippen molar-refractivity contribution in [1.82, 2.24) is 5.16 Å². The average molecular weight is 343 g/mol. The maximum atomic E-state index is 12.0. The third kappa shape index (κ3) is 3.67. The monoisotopic (exact) mass is 342 g/mol. The van der Waals surface area contributed by atoms with Gasteiger partial charge in [-0.05, 0) is 12.1 Å². The Morgan fingerprint density at radius 3 is 2.70 bits per heavy atom. The smallest absolute Gasteiger partial charge is 0.187 e. The van der Waals surface area contributed by atoms with Crippen molar-refractivity contribution in [2.75, 3.05) is 0 Å². The summed E-state index contributed by atoms with van der Waals surface area (Å²) in [7, 11) is 0. The Balaban J connectivity index is 1.65. The fourth-order valence-corrected chi connectivity index (χ4v) is 3.11. The van der Waals surface area contributed by atoms with E-state index in [0.29, 0.717) is 33.5 Å². The number of halogens is 1. The molecule has 0 atom stereocenters. The number of benzene rings is 1. The van der Waals surface area contributed by atoms with Crippen LogP contribution in [0.25, 0.3) is 16.2 Å². The van der Waals surface area contributed by atoms with Gasteiger partial charge in [0.05, 0.1) is 21.5 Å². The van der Waals surface area contributed by atoms with Gasteiger partial charge in [-0.15, -0.1) is 11.3 Å². The second kappa shape index (κ2) is 6.78. The Morgan fingerprint density at radius 1 is 1.26 bits per heavy atom. The van der Waals surface area contributed by atoms with E-state index in [9.17, 15) is 4.79 Å². The summed E-state index contributed by atoms with van der Waals surface area (Å²) in [6.07, 6.45) is 0.872. The summed E-state index contributed by atoms with van der Waals surface area (Å²) in [5, 5.41) is 4.00. The Hall–Kier alpha value is -2.42. The second-order valence-electron chi connectivity index (χ2n) is 4.87. The third-order valence-corrected chi connectivity index (χ3v) is 4.57. The highest BCUT2D eigenvalue weighted by molar-refractivity contribution is 7.18. The molecule has 0 bridgehead atoms. The fourth-order valence-electron chi connectivity index (χ4n) is 2.09. The topological polar surface area (TPSA) is 47.5 Å². The summed E-state index contributed by atoms with van der Waals surface area (Å²) in [5.74, 6) is 0.677. The van der Waals surface area contributed by atoms with E-state index in [1.807, 2.05) is 18.2 Å². The Labute approximate surface area is 142 Å². The van der Waals surface area contributed by atoms with Crippen molar-refractivity contribution in [1.29, 1.82) is 0 Å². The first-order valence-corrected chi connectivity index (χ1v) is 8.07. The van der Waals surface area contributed by atoms with Crippen molar-refractivity contribution in [3.63, 3.8) is 0 Å². The molecule has 0 aliphatic heterocycles. The maximum absolute atomic E-state index is 12.0. The normalized spacial score (nSPS) is 10.4. The van der Waals surface area contributed by atoms with E-state index in [1.54, 1.807) is 24.3 Å². The van der Waals surface area contributed by atoms with E-state index in [0.717, 1.165) is 11.3 Å². The molecule has 23 heavy (non-hydrogen) atoms. The van der Waals surface area contributed by atoms with Gasteiger partial charge in [0.2, 0.25) is 0 Å². The van der Waals surface area contributed by atoms with Crippen LogP contribution in [0, 0.1) is 6.57 Å². The van der Waals surface area contributed by atoms with Gasteiger partial charge in [0.15, 0.2) is 17.2 Å². The Morgan fingerprint density at radius 2 is 2.04 bits per heavy atom. The van der Waals surface area contributed by atoms with Crippen LogP contribution in [0.15, 0.2) is 47.0 Å². The van der Waals surface area contributed by atoms with Gasteiger partial charge in [0, 0.05) is 24.5 Å². The summed E-state index contributed by atoms with van der Waals surface area (Å²) < 4.78 is 5.92. The number of aryl methyl sites for hydroxylation is 1. The highest BCUT2D eigenvalue weighted by Crippen LogP contribution is 2.25. The number of hydrogen-bond donors (Lipinski definition) is 0. The highest BCUT2D eigenvalue weighted by Gasteiger charge is 2.12. The number of hydrogen-bond acceptors (Lipinski definition) is 4. The van der Waals surface area contributed by atoms with E-state index >= 15 is 0 Å². The van der Waals surface area contributed by atoms with Crippen molar-refractivity contribution in [2.24, 2.45) is 0 Å². The number of nitrogens with zero attached hydrogens (tertiary/aromatic N) is 2. The quantitative estimate of drug-likeness (QED) is 0.459. The zero-order valence-electron chi connectivity index (χ0n) is 12.0. The number of carbonyl (C=O) groups is 1. The van der Waals surface area contributed by atoms with Gasteiger partial charge in [-0.2, -0.15) is 0 Å². The van der Waals surface area contributed by atoms with Gasteiger partial charge < -0.3 is 4.52 Å². The highest BCUT2D eigenvalue weighted by atomic mass is 35.5. The first-order valence-electron chi connectivity index (χ1n) is 6.88. The summed E-state index contributed by atoms with van der Waals surface area (Å²) >= 11 is 7.12. The molecule has 0 unspecified atom stereocenters. The third-order valence-electron chi connectivity index (χ3n) is 3.30. The molecular weight excluding hydrogens is 332 g/mol. The molecule has 0 radical (unpaired) electrons. The summed E-state index contributed by atoms with van der Waals surface area (Å²) in [6.45, 7) is 6.94. The van der Waals surface area contributed by atoms with Crippen LogP contribution in [0.5, 0.6) is 0 Å². The van der Waals surface area contributed by atoms with Crippen molar-refractivity contribution < 1.29 is 9.32 Å². The molecule has 1 aromatic carbocycles. The van der Waals surface area contributed by atoms with Crippen LogP contribution in [0.4, 0.5) is 5.69 Å². The van der Waals surface area contributed by atoms with Crippen LogP contribution < -0.4 is 0 Å². The molecule has 6 heteroatoms. The van der Waals surface area contributed by atoms with Crippen LogP contribution >= 0.6 is 22.9 Å². The predicted molar refractivity (Wildman–Crippen MR) is 90.2 cm³/mol. The van der Waals surface area contributed by atoms with Gasteiger partial charge in [-0.25, -0.2) is 4.85 Å². The largest absolute Gasteiger partial charge is 0.356 e.